The second-order valence-electron chi connectivity index (χ2n) is 0.866. The average Bonchev–Trinajstić information content (AvgIpc) is 1.70. The fraction of sp³-hybridized carbons (Fsp3) is 1.00. The van der Waals surface area contributed by atoms with Crippen LogP contribution < -0.4 is 15.3 Å². The van der Waals surface area contributed by atoms with E-state index in [0.29, 0.717) is 0 Å². The molecule has 4 heteroatoms. The molecule has 60 valence electrons. The van der Waals surface area contributed by atoms with Gasteiger partial charge in [0.15, 0.2) is 0 Å². The first-order chi connectivity index (χ1) is 4.24. The third-order valence-corrected chi connectivity index (χ3v) is 0. The summed E-state index contributed by atoms with van der Waals surface area (Å²) >= 11 is 0. The summed E-state index contributed by atoms with van der Waals surface area (Å²) in [6.07, 6.45) is 0. The Morgan fingerprint density at radius 1 is 0.700 bits per heavy atom. The van der Waals surface area contributed by atoms with Gasteiger partial charge in [-0.05, 0) is 0 Å². The van der Waals surface area contributed by atoms with Gasteiger partial charge in [0, 0.05) is 0 Å². The van der Waals surface area contributed by atoms with Gasteiger partial charge < -0.3 is 15.3 Å². The molecule has 0 aromatic carbocycles. The maximum absolute atomic E-state index is 8.93. The monoisotopic (exact) mass is 274 g/mol. The summed E-state index contributed by atoms with van der Waals surface area (Å²) in [4.78, 5) is 0. The van der Waals surface area contributed by atoms with Crippen molar-refractivity contribution in [1.82, 2.24) is 0 Å². The first kappa shape index (κ1) is 22.5. The first-order valence-electron chi connectivity index (χ1n) is 2.99. The van der Waals surface area contributed by atoms with E-state index in [2.05, 4.69) is 0 Å². The third kappa shape index (κ3) is 512. The molecule has 0 heterocycles. The van der Waals surface area contributed by atoms with Crippen LogP contribution in [0.4, 0.5) is 0 Å². The molecule has 0 aliphatic carbocycles. The summed E-state index contributed by atoms with van der Waals surface area (Å²) in [6, 6.07) is 0. The molecule has 0 aliphatic rings. The zero-order chi connectivity index (χ0) is 8.12. The van der Waals surface area contributed by atoms with Crippen molar-refractivity contribution >= 4 is 0 Å². The SMILES string of the molecule is CC[O-].CC[O-].CC[O-].[La+3]. The van der Waals surface area contributed by atoms with Crippen LogP contribution in [0.3, 0.4) is 0 Å². The van der Waals surface area contributed by atoms with E-state index in [1.54, 1.807) is 20.8 Å². The fourth-order valence-electron chi connectivity index (χ4n) is 0. The van der Waals surface area contributed by atoms with Crippen LogP contribution in [-0.4, -0.2) is 19.8 Å². The van der Waals surface area contributed by atoms with Crippen LogP contribution in [-0.2, 0) is 0 Å². The molecule has 0 aromatic rings. The molecule has 0 saturated carbocycles. The largest absolute Gasteiger partial charge is 3.00 e. The third-order valence-electron chi connectivity index (χ3n) is 0. The quantitative estimate of drug-likeness (QED) is 0.518. The molecule has 0 aromatic heterocycles. The zero-order valence-electron chi connectivity index (χ0n) is 6.92. The zero-order valence-corrected chi connectivity index (χ0v) is 10.5. The maximum Gasteiger partial charge on any atom is 3.00 e. The predicted molar refractivity (Wildman–Crippen MR) is 31.6 cm³/mol. The van der Waals surface area contributed by atoms with Crippen LogP contribution in [0.1, 0.15) is 20.8 Å². The Morgan fingerprint density at radius 2 is 0.700 bits per heavy atom. The van der Waals surface area contributed by atoms with Crippen molar-refractivity contribution in [3.63, 3.8) is 0 Å². The molecule has 10 heavy (non-hydrogen) atoms. The van der Waals surface area contributed by atoms with Crippen LogP contribution >= 0.6 is 0 Å². The molecule has 0 radical (unpaired) electrons. The second kappa shape index (κ2) is 50.0. The van der Waals surface area contributed by atoms with Gasteiger partial charge in [0.1, 0.15) is 0 Å². The van der Waals surface area contributed by atoms with Crippen LogP contribution in [0.5, 0.6) is 0 Å². The van der Waals surface area contributed by atoms with Crippen molar-refractivity contribution in [3.05, 3.63) is 0 Å². The van der Waals surface area contributed by atoms with E-state index in [4.69, 9.17) is 15.3 Å². The van der Waals surface area contributed by atoms with Gasteiger partial charge in [0.25, 0.3) is 0 Å². The Morgan fingerprint density at radius 3 is 0.700 bits per heavy atom. The van der Waals surface area contributed by atoms with Gasteiger partial charge in [0.05, 0.1) is 0 Å². The van der Waals surface area contributed by atoms with Gasteiger partial charge in [-0.15, -0.1) is 19.8 Å². The number of hydrogen-bond acceptors (Lipinski definition) is 3. The minimum atomic E-state index is 0. The fourth-order valence-corrected chi connectivity index (χ4v) is 0. The molecule has 0 bridgehead atoms. The van der Waals surface area contributed by atoms with Crippen molar-refractivity contribution in [3.8, 4) is 0 Å². The molecule has 0 unspecified atom stereocenters. The molecule has 0 N–H and O–H groups in total. The van der Waals surface area contributed by atoms with E-state index in [9.17, 15) is 0 Å². The van der Waals surface area contributed by atoms with Gasteiger partial charge in [-0.25, -0.2) is 0 Å². The Kier molecular flexibility index (Phi) is 112. The summed E-state index contributed by atoms with van der Waals surface area (Å²) in [5, 5.41) is 26.8. The smallest absolute Gasteiger partial charge is 0.855 e. The van der Waals surface area contributed by atoms with Crippen LogP contribution in [0.2, 0.25) is 0 Å². The van der Waals surface area contributed by atoms with Crippen LogP contribution in [0.25, 0.3) is 0 Å². The van der Waals surface area contributed by atoms with Gasteiger partial charge >= 0.3 is 35.6 Å². The van der Waals surface area contributed by atoms with E-state index >= 15 is 0 Å². The molecule has 0 spiro atoms. The summed E-state index contributed by atoms with van der Waals surface area (Å²) in [5.74, 6) is 0. The van der Waals surface area contributed by atoms with Gasteiger partial charge in [-0.2, -0.15) is 0 Å². The van der Waals surface area contributed by atoms with Gasteiger partial charge in [0.2, 0.25) is 0 Å². The number of hydrogen-bond donors (Lipinski definition) is 0. The Bertz CT molecular complexity index is 17.7. The molecule has 0 fully saturated rings. The van der Waals surface area contributed by atoms with E-state index in [1.807, 2.05) is 0 Å². The average molecular weight is 274 g/mol. The van der Waals surface area contributed by atoms with Crippen molar-refractivity contribution in [2.45, 2.75) is 20.8 Å². The van der Waals surface area contributed by atoms with Gasteiger partial charge in [-0.1, -0.05) is 20.8 Å². The van der Waals surface area contributed by atoms with Crippen LogP contribution in [0, 0.1) is 35.6 Å². The normalized spacial score (nSPS) is 5.40. The first-order valence-corrected chi connectivity index (χ1v) is 2.99. The van der Waals surface area contributed by atoms with E-state index < -0.39 is 0 Å². The molecular weight excluding hydrogens is 259 g/mol. The predicted octanol–water partition coefficient (Wildman–Crippen LogP) is -1.90. The maximum atomic E-state index is 8.93. The molecule has 0 amide bonds. The van der Waals surface area contributed by atoms with E-state index in [0.717, 1.165) is 0 Å². The van der Waals surface area contributed by atoms with E-state index in [1.165, 1.54) is 0 Å². The Hall–Kier alpha value is 1.07. The standard InChI is InChI=1S/3C2H5O.La/c3*1-2-3;/h3*2H2,1H3;/q3*-1;+3. The van der Waals surface area contributed by atoms with Crippen molar-refractivity contribution in [2.24, 2.45) is 0 Å². The minimum Gasteiger partial charge on any atom is -0.855 e. The molecule has 0 saturated heterocycles. The minimum absolute atomic E-state index is 0. The summed E-state index contributed by atoms with van der Waals surface area (Å²) in [7, 11) is 0. The summed E-state index contributed by atoms with van der Waals surface area (Å²) in [5.41, 5.74) is 0. The van der Waals surface area contributed by atoms with Crippen molar-refractivity contribution < 1.29 is 50.9 Å². The Labute approximate surface area is 91.1 Å². The molecular formula is C6H15LaO3. The second-order valence-corrected chi connectivity index (χ2v) is 0.866. The molecule has 3 nitrogen and oxygen atoms in total. The molecule has 0 aliphatic heterocycles. The Balaban J connectivity index is -0.0000000257. The van der Waals surface area contributed by atoms with E-state index in [-0.39, 0.29) is 55.4 Å². The number of rotatable bonds is 0. The summed E-state index contributed by atoms with van der Waals surface area (Å²) in [6.45, 7) is 4.71. The van der Waals surface area contributed by atoms with Crippen molar-refractivity contribution in [1.29, 1.82) is 0 Å². The molecule has 0 atom stereocenters. The van der Waals surface area contributed by atoms with Gasteiger partial charge in [-0.3, -0.25) is 0 Å². The van der Waals surface area contributed by atoms with Crippen molar-refractivity contribution in [2.75, 3.05) is 19.8 Å². The van der Waals surface area contributed by atoms with Crippen LogP contribution in [0.15, 0.2) is 0 Å². The molecule has 0 rings (SSSR count). The topological polar surface area (TPSA) is 69.2 Å². The summed E-state index contributed by atoms with van der Waals surface area (Å²) < 4.78 is 0.